The number of ether oxygens (including phenoxy) is 2. The summed E-state index contributed by atoms with van der Waals surface area (Å²) in [6, 6.07) is 9.09. The van der Waals surface area contributed by atoms with E-state index >= 15 is 0 Å². The SMILES string of the molecule is COc1ccc(Oc2c(N3CCCCC3)cc(C(=O)O)cc2S(N)(=O)=O)cc1. The number of piperidine rings is 1. The monoisotopic (exact) mass is 406 g/mol. The fraction of sp³-hybridized carbons (Fsp3) is 0.316. The Hall–Kier alpha value is -2.78. The van der Waals surface area contributed by atoms with Crippen molar-refractivity contribution in [3.63, 3.8) is 0 Å². The molecule has 9 heteroatoms. The van der Waals surface area contributed by atoms with Gasteiger partial charge in [-0.2, -0.15) is 0 Å². The van der Waals surface area contributed by atoms with Gasteiger partial charge in [-0.3, -0.25) is 0 Å². The number of nitrogens with two attached hydrogens (primary N) is 1. The molecule has 0 atom stereocenters. The van der Waals surface area contributed by atoms with Gasteiger partial charge in [-0.25, -0.2) is 18.4 Å². The first kappa shape index (κ1) is 20.0. The van der Waals surface area contributed by atoms with Gasteiger partial charge in [-0.1, -0.05) is 0 Å². The van der Waals surface area contributed by atoms with Gasteiger partial charge < -0.3 is 19.5 Å². The Morgan fingerprint density at radius 2 is 1.68 bits per heavy atom. The number of hydrogen-bond donors (Lipinski definition) is 2. The number of primary sulfonamides is 1. The molecule has 0 saturated carbocycles. The first-order chi connectivity index (χ1) is 13.3. The highest BCUT2D eigenvalue weighted by Gasteiger charge is 2.26. The van der Waals surface area contributed by atoms with Crippen LogP contribution in [-0.2, 0) is 10.0 Å². The molecule has 8 nitrogen and oxygen atoms in total. The number of rotatable bonds is 6. The largest absolute Gasteiger partial charge is 0.497 e. The predicted octanol–water partition coefficient (Wildman–Crippen LogP) is 2.82. The Kier molecular flexibility index (Phi) is 5.76. The van der Waals surface area contributed by atoms with E-state index in [0.29, 0.717) is 30.3 Å². The molecule has 0 spiro atoms. The molecule has 0 aliphatic carbocycles. The summed E-state index contributed by atoms with van der Waals surface area (Å²) in [6.45, 7) is 1.35. The minimum Gasteiger partial charge on any atom is -0.497 e. The van der Waals surface area contributed by atoms with Crippen molar-refractivity contribution in [2.45, 2.75) is 24.2 Å². The number of sulfonamides is 1. The summed E-state index contributed by atoms with van der Waals surface area (Å²) in [4.78, 5) is 13.1. The zero-order valence-corrected chi connectivity index (χ0v) is 16.2. The van der Waals surface area contributed by atoms with Crippen molar-refractivity contribution in [3.8, 4) is 17.2 Å². The quantitative estimate of drug-likeness (QED) is 0.757. The number of carboxylic acid groups (broad SMARTS) is 1. The average Bonchev–Trinajstić information content (AvgIpc) is 2.68. The number of nitrogens with zero attached hydrogens (tertiary/aromatic N) is 1. The van der Waals surface area contributed by atoms with E-state index in [9.17, 15) is 18.3 Å². The first-order valence-corrected chi connectivity index (χ1v) is 10.3. The van der Waals surface area contributed by atoms with E-state index in [-0.39, 0.29) is 16.2 Å². The van der Waals surface area contributed by atoms with Crippen LogP contribution < -0.4 is 19.5 Å². The molecule has 2 aromatic rings. The Bertz CT molecular complexity index is 967. The Morgan fingerprint density at radius 1 is 1.07 bits per heavy atom. The van der Waals surface area contributed by atoms with Crippen LogP contribution in [0.2, 0.25) is 0 Å². The van der Waals surface area contributed by atoms with Gasteiger partial charge in [0.05, 0.1) is 18.4 Å². The van der Waals surface area contributed by atoms with Crippen molar-refractivity contribution < 1.29 is 27.8 Å². The normalized spacial score (nSPS) is 14.6. The predicted molar refractivity (Wildman–Crippen MR) is 104 cm³/mol. The highest BCUT2D eigenvalue weighted by Crippen LogP contribution is 2.40. The highest BCUT2D eigenvalue weighted by atomic mass is 32.2. The van der Waals surface area contributed by atoms with Gasteiger partial charge in [0.2, 0.25) is 10.0 Å². The van der Waals surface area contributed by atoms with Crippen molar-refractivity contribution in [1.29, 1.82) is 0 Å². The average molecular weight is 406 g/mol. The molecule has 1 saturated heterocycles. The lowest BCUT2D eigenvalue weighted by atomic mass is 10.1. The van der Waals surface area contributed by atoms with E-state index < -0.39 is 16.0 Å². The van der Waals surface area contributed by atoms with E-state index in [4.69, 9.17) is 14.6 Å². The van der Waals surface area contributed by atoms with E-state index in [1.54, 1.807) is 24.3 Å². The molecule has 1 heterocycles. The maximum Gasteiger partial charge on any atom is 0.335 e. The molecule has 3 N–H and O–H groups in total. The molecule has 28 heavy (non-hydrogen) atoms. The number of benzene rings is 2. The van der Waals surface area contributed by atoms with Crippen LogP contribution in [0.1, 0.15) is 29.6 Å². The first-order valence-electron chi connectivity index (χ1n) is 8.80. The molecule has 0 amide bonds. The third-order valence-corrected chi connectivity index (χ3v) is 5.48. The third kappa shape index (κ3) is 4.37. The minimum atomic E-state index is -4.22. The van der Waals surface area contributed by atoms with Crippen LogP contribution in [0.25, 0.3) is 0 Å². The zero-order chi connectivity index (χ0) is 20.3. The molecule has 150 valence electrons. The van der Waals surface area contributed by atoms with Crippen LogP contribution in [0.5, 0.6) is 17.2 Å². The van der Waals surface area contributed by atoms with Crippen LogP contribution >= 0.6 is 0 Å². The van der Waals surface area contributed by atoms with E-state index in [1.165, 1.54) is 13.2 Å². The summed E-state index contributed by atoms with van der Waals surface area (Å²) in [6.07, 6.45) is 2.90. The number of carboxylic acids is 1. The second-order valence-electron chi connectivity index (χ2n) is 6.50. The van der Waals surface area contributed by atoms with Crippen molar-refractivity contribution in [1.82, 2.24) is 0 Å². The zero-order valence-electron chi connectivity index (χ0n) is 15.4. The Labute approximate surface area is 163 Å². The summed E-state index contributed by atoms with van der Waals surface area (Å²) in [5, 5.41) is 14.8. The maximum atomic E-state index is 12.2. The van der Waals surface area contributed by atoms with Crippen molar-refractivity contribution in [2.75, 3.05) is 25.1 Å². The highest BCUT2D eigenvalue weighted by molar-refractivity contribution is 7.89. The molecule has 1 fully saturated rings. The molecule has 1 aliphatic rings. The number of methoxy groups -OCH3 is 1. The van der Waals surface area contributed by atoms with E-state index in [1.807, 2.05) is 4.90 Å². The lowest BCUT2D eigenvalue weighted by molar-refractivity contribution is 0.0696. The van der Waals surface area contributed by atoms with Gasteiger partial charge >= 0.3 is 5.97 Å². The van der Waals surface area contributed by atoms with E-state index in [2.05, 4.69) is 0 Å². The molecule has 1 aliphatic heterocycles. The standard InChI is InChI=1S/C19H22N2O6S/c1-26-14-5-7-15(8-6-14)27-18-16(21-9-3-2-4-10-21)11-13(19(22)23)12-17(18)28(20,24)25/h5-8,11-12H,2-4,9-10H2,1H3,(H,22,23)(H2,20,24,25). The second-order valence-corrected chi connectivity index (χ2v) is 8.03. The van der Waals surface area contributed by atoms with Gasteiger partial charge in [-0.15, -0.1) is 0 Å². The molecule has 3 rings (SSSR count). The fourth-order valence-corrected chi connectivity index (χ4v) is 3.85. The Morgan fingerprint density at radius 3 is 2.21 bits per heavy atom. The van der Waals surface area contributed by atoms with Crippen molar-refractivity contribution in [2.24, 2.45) is 5.14 Å². The van der Waals surface area contributed by atoms with Gasteiger partial charge in [0, 0.05) is 13.1 Å². The molecule has 0 radical (unpaired) electrons. The number of carbonyl (C=O) groups is 1. The summed E-state index contributed by atoms with van der Waals surface area (Å²) >= 11 is 0. The summed E-state index contributed by atoms with van der Waals surface area (Å²) < 4.78 is 35.5. The van der Waals surface area contributed by atoms with Crippen LogP contribution in [0.3, 0.4) is 0 Å². The van der Waals surface area contributed by atoms with Gasteiger partial charge in [0.25, 0.3) is 0 Å². The third-order valence-electron chi connectivity index (χ3n) is 4.56. The van der Waals surface area contributed by atoms with Crippen LogP contribution in [0, 0.1) is 0 Å². The molecule has 2 aromatic carbocycles. The maximum absolute atomic E-state index is 12.2. The number of anilines is 1. The molecule has 0 bridgehead atoms. The smallest absolute Gasteiger partial charge is 0.335 e. The number of aromatic carboxylic acids is 1. The minimum absolute atomic E-state index is 0.0274. The van der Waals surface area contributed by atoms with Crippen LogP contribution in [-0.4, -0.2) is 39.7 Å². The summed E-state index contributed by atoms with van der Waals surface area (Å²) in [7, 11) is -2.69. The van der Waals surface area contributed by atoms with Gasteiger partial charge in [0.15, 0.2) is 5.75 Å². The van der Waals surface area contributed by atoms with E-state index in [0.717, 1.165) is 25.3 Å². The van der Waals surface area contributed by atoms with Gasteiger partial charge in [0.1, 0.15) is 16.4 Å². The van der Waals surface area contributed by atoms with Crippen molar-refractivity contribution in [3.05, 3.63) is 42.0 Å². The van der Waals surface area contributed by atoms with Crippen LogP contribution in [0.15, 0.2) is 41.3 Å². The topological polar surface area (TPSA) is 119 Å². The second kappa shape index (κ2) is 8.07. The Balaban J connectivity index is 2.16. The van der Waals surface area contributed by atoms with Crippen molar-refractivity contribution >= 4 is 21.7 Å². The van der Waals surface area contributed by atoms with Gasteiger partial charge in [-0.05, 0) is 55.7 Å². The summed E-state index contributed by atoms with van der Waals surface area (Å²) in [5.41, 5.74) is 0.242. The molecular weight excluding hydrogens is 384 g/mol. The fourth-order valence-electron chi connectivity index (χ4n) is 3.16. The molecule has 0 unspecified atom stereocenters. The summed E-state index contributed by atoms with van der Waals surface area (Å²) in [5.74, 6) is -0.206. The lowest BCUT2D eigenvalue weighted by Gasteiger charge is -2.31. The van der Waals surface area contributed by atoms with Crippen LogP contribution in [0.4, 0.5) is 5.69 Å². The lowest BCUT2D eigenvalue weighted by Crippen LogP contribution is -2.30. The molecular formula is C19H22N2O6S. The molecule has 0 aromatic heterocycles. The number of hydrogen-bond acceptors (Lipinski definition) is 6.